The van der Waals surface area contributed by atoms with Gasteiger partial charge in [0.2, 0.25) is 0 Å². The van der Waals surface area contributed by atoms with Gasteiger partial charge in [-0.3, -0.25) is 4.79 Å². The van der Waals surface area contributed by atoms with Gasteiger partial charge in [-0.25, -0.2) is 0 Å². The Morgan fingerprint density at radius 2 is 1.84 bits per heavy atom. The van der Waals surface area contributed by atoms with E-state index in [9.17, 15) is 4.79 Å². The lowest BCUT2D eigenvalue weighted by molar-refractivity contribution is -0.142. The molecule has 0 radical (unpaired) electrons. The number of amides is 1. The van der Waals surface area contributed by atoms with E-state index in [0.29, 0.717) is 37.7 Å². The summed E-state index contributed by atoms with van der Waals surface area (Å²) in [5.74, 6) is 1.33. The van der Waals surface area contributed by atoms with Crippen molar-refractivity contribution in [1.29, 1.82) is 0 Å². The highest BCUT2D eigenvalue weighted by Crippen LogP contribution is 2.58. The third-order valence-corrected chi connectivity index (χ3v) is 8.18. The number of ether oxygens (including phenoxy) is 4. The fraction of sp³-hybridized carbons (Fsp3) is 0.458. The lowest BCUT2D eigenvalue weighted by atomic mass is 10.1. The zero-order valence-corrected chi connectivity index (χ0v) is 20.9. The van der Waals surface area contributed by atoms with Crippen LogP contribution >= 0.6 is 23.5 Å². The maximum atomic E-state index is 13.7. The van der Waals surface area contributed by atoms with Gasteiger partial charge >= 0.3 is 0 Å². The Balaban J connectivity index is 1.95. The Bertz CT molecular complexity index is 919. The molecule has 1 amide bonds. The summed E-state index contributed by atoms with van der Waals surface area (Å²) in [6.45, 7) is 5.43. The van der Waals surface area contributed by atoms with Gasteiger partial charge in [-0.05, 0) is 50.4 Å². The monoisotopic (exact) mass is 477 g/mol. The van der Waals surface area contributed by atoms with E-state index in [-0.39, 0.29) is 12.2 Å². The quantitative estimate of drug-likeness (QED) is 0.415. The predicted molar refractivity (Wildman–Crippen MR) is 131 cm³/mol. The van der Waals surface area contributed by atoms with Crippen molar-refractivity contribution in [2.24, 2.45) is 0 Å². The lowest BCUT2D eigenvalue weighted by Crippen LogP contribution is -2.44. The Hall–Kier alpha value is -1.87. The van der Waals surface area contributed by atoms with Gasteiger partial charge in [0.05, 0.1) is 19.4 Å². The van der Waals surface area contributed by atoms with Gasteiger partial charge in [0.1, 0.15) is 11.5 Å². The molecule has 1 unspecified atom stereocenters. The summed E-state index contributed by atoms with van der Waals surface area (Å²) in [5, 5.41) is 0. The molecule has 32 heavy (non-hydrogen) atoms. The van der Waals surface area contributed by atoms with E-state index < -0.39 is 4.08 Å². The molecular formula is C24H31NO5S2. The van der Waals surface area contributed by atoms with E-state index in [1.54, 1.807) is 23.8 Å². The smallest absolute Gasteiger partial charge is 0.258 e. The first-order chi connectivity index (χ1) is 15.5. The third kappa shape index (κ3) is 5.03. The van der Waals surface area contributed by atoms with Crippen molar-refractivity contribution >= 4 is 35.1 Å². The zero-order chi connectivity index (χ0) is 23.1. The molecule has 1 heterocycles. The molecule has 1 aliphatic heterocycles. The minimum atomic E-state index is -0.897. The number of carbonyl (C=O) groups excluding carboxylic acids is 1. The highest BCUT2D eigenvalue weighted by Gasteiger charge is 2.49. The fourth-order valence-corrected chi connectivity index (χ4v) is 6.18. The van der Waals surface area contributed by atoms with Crippen LogP contribution in [0, 0.1) is 0 Å². The summed E-state index contributed by atoms with van der Waals surface area (Å²) in [4.78, 5) is 16.5. The molecule has 0 N–H and O–H groups in total. The number of rotatable bonds is 11. The van der Waals surface area contributed by atoms with E-state index in [4.69, 9.17) is 18.9 Å². The third-order valence-electron chi connectivity index (χ3n) is 5.21. The van der Waals surface area contributed by atoms with Crippen molar-refractivity contribution in [2.45, 2.75) is 35.5 Å². The highest BCUT2D eigenvalue weighted by atomic mass is 32.2. The molecule has 0 aliphatic carbocycles. The Labute approximate surface area is 198 Å². The van der Waals surface area contributed by atoms with Crippen LogP contribution in [0.2, 0.25) is 0 Å². The zero-order valence-electron chi connectivity index (χ0n) is 19.3. The van der Waals surface area contributed by atoms with Crippen molar-refractivity contribution < 1.29 is 23.7 Å². The van der Waals surface area contributed by atoms with Crippen molar-refractivity contribution in [3.63, 3.8) is 0 Å². The Morgan fingerprint density at radius 3 is 2.50 bits per heavy atom. The Morgan fingerprint density at radius 1 is 1.12 bits per heavy atom. The minimum Gasteiger partial charge on any atom is -0.497 e. The first-order valence-electron chi connectivity index (χ1n) is 10.7. The minimum absolute atomic E-state index is 0.00619. The number of carbonyl (C=O) groups is 1. The van der Waals surface area contributed by atoms with Crippen LogP contribution in [-0.2, 0) is 18.3 Å². The van der Waals surface area contributed by atoms with Gasteiger partial charge < -0.3 is 23.8 Å². The molecule has 0 aromatic heterocycles. The summed E-state index contributed by atoms with van der Waals surface area (Å²) in [6.07, 6.45) is 2.23. The van der Waals surface area contributed by atoms with Crippen LogP contribution in [0.4, 0.5) is 5.69 Å². The normalized spacial score (nSPS) is 18.1. The molecule has 0 saturated carbocycles. The number of nitrogens with zero attached hydrogens (tertiary/aromatic N) is 1. The SMILES string of the molecule is CCOC(CCOc1ccc(OC)cc1C1(SC)Sc2ccccc2N(C)C1=O)OCC. The van der Waals surface area contributed by atoms with Gasteiger partial charge in [-0.1, -0.05) is 23.9 Å². The summed E-state index contributed by atoms with van der Waals surface area (Å²) >= 11 is 3.04. The number of anilines is 1. The van der Waals surface area contributed by atoms with Crippen LogP contribution in [0.3, 0.4) is 0 Å². The van der Waals surface area contributed by atoms with E-state index in [2.05, 4.69) is 0 Å². The predicted octanol–water partition coefficient (Wildman–Crippen LogP) is 5.15. The summed E-state index contributed by atoms with van der Waals surface area (Å²) in [5.41, 5.74) is 1.69. The summed E-state index contributed by atoms with van der Waals surface area (Å²) in [6, 6.07) is 13.6. The van der Waals surface area contributed by atoms with Gasteiger partial charge in [0.15, 0.2) is 10.4 Å². The molecule has 2 aromatic carbocycles. The van der Waals surface area contributed by atoms with Crippen LogP contribution in [0.15, 0.2) is 47.4 Å². The summed E-state index contributed by atoms with van der Waals surface area (Å²) < 4.78 is 22.0. The lowest BCUT2D eigenvalue weighted by Gasteiger charge is -2.40. The standard InChI is InChI=1S/C24H31NO5S2/c1-6-28-22(29-7-2)14-15-30-20-13-12-17(27-4)16-18(20)24(31-5)23(26)25(3)19-10-8-9-11-21(19)32-24/h8-13,16,22H,6-7,14-15H2,1-5H3. The first-order valence-corrected chi connectivity index (χ1v) is 12.7. The van der Waals surface area contributed by atoms with Gasteiger partial charge in [-0.15, -0.1) is 11.8 Å². The van der Waals surface area contributed by atoms with E-state index >= 15 is 0 Å². The molecule has 174 valence electrons. The second-order valence-corrected chi connectivity index (χ2v) is 9.63. The van der Waals surface area contributed by atoms with Crippen molar-refractivity contribution in [3.05, 3.63) is 48.0 Å². The number of para-hydroxylation sites is 1. The second kappa shape index (κ2) is 11.3. The average Bonchev–Trinajstić information content (AvgIpc) is 2.82. The molecule has 0 saturated heterocycles. The van der Waals surface area contributed by atoms with E-state index in [1.165, 1.54) is 11.8 Å². The van der Waals surface area contributed by atoms with Crippen LogP contribution in [-0.4, -0.2) is 52.4 Å². The van der Waals surface area contributed by atoms with Crippen LogP contribution in [0.1, 0.15) is 25.8 Å². The number of methoxy groups -OCH3 is 1. The molecule has 0 spiro atoms. The first kappa shape index (κ1) is 24.8. The van der Waals surface area contributed by atoms with Gasteiger partial charge in [0, 0.05) is 37.1 Å². The van der Waals surface area contributed by atoms with Crippen molar-refractivity contribution in [2.75, 3.05) is 45.1 Å². The molecule has 3 rings (SSSR count). The maximum Gasteiger partial charge on any atom is 0.258 e. The fourth-order valence-electron chi connectivity index (χ4n) is 3.63. The van der Waals surface area contributed by atoms with Crippen LogP contribution in [0.25, 0.3) is 0 Å². The average molecular weight is 478 g/mol. The number of fused-ring (bicyclic) bond motifs is 1. The molecule has 0 fully saturated rings. The largest absolute Gasteiger partial charge is 0.497 e. The van der Waals surface area contributed by atoms with Crippen LogP contribution < -0.4 is 14.4 Å². The summed E-state index contributed by atoms with van der Waals surface area (Å²) in [7, 11) is 3.44. The number of hydrogen-bond donors (Lipinski definition) is 0. The van der Waals surface area contributed by atoms with Crippen molar-refractivity contribution in [3.8, 4) is 11.5 Å². The number of likely N-dealkylation sites (N-methyl/N-ethyl adjacent to an activating group) is 1. The molecule has 1 atom stereocenters. The molecule has 8 heteroatoms. The molecule has 2 aromatic rings. The topological polar surface area (TPSA) is 57.2 Å². The highest BCUT2D eigenvalue weighted by molar-refractivity contribution is 8.18. The molecule has 6 nitrogen and oxygen atoms in total. The maximum absolute atomic E-state index is 13.7. The second-order valence-electron chi connectivity index (χ2n) is 7.09. The molecular weight excluding hydrogens is 446 g/mol. The molecule has 1 aliphatic rings. The number of thioether (sulfide) groups is 2. The van der Waals surface area contributed by atoms with Crippen molar-refractivity contribution in [1.82, 2.24) is 0 Å². The van der Waals surface area contributed by atoms with E-state index in [1.807, 2.05) is 69.6 Å². The molecule has 0 bridgehead atoms. The Kier molecular flexibility index (Phi) is 8.76. The van der Waals surface area contributed by atoms with Crippen LogP contribution in [0.5, 0.6) is 11.5 Å². The van der Waals surface area contributed by atoms with Gasteiger partial charge in [0.25, 0.3) is 5.91 Å². The number of hydrogen-bond acceptors (Lipinski definition) is 7. The van der Waals surface area contributed by atoms with Gasteiger partial charge in [-0.2, -0.15) is 0 Å². The van der Waals surface area contributed by atoms with E-state index in [0.717, 1.165) is 16.1 Å². The number of benzene rings is 2.